The Morgan fingerprint density at radius 3 is 2.83 bits per heavy atom. The largest absolute Gasteiger partial charge is 0.497 e. The fraction of sp³-hybridized carbons (Fsp3) is 0.294. The van der Waals surface area contributed by atoms with Gasteiger partial charge >= 0.3 is 0 Å². The van der Waals surface area contributed by atoms with Crippen LogP contribution in [0.3, 0.4) is 0 Å². The minimum Gasteiger partial charge on any atom is -0.497 e. The van der Waals surface area contributed by atoms with Crippen molar-refractivity contribution in [2.75, 3.05) is 13.7 Å². The van der Waals surface area contributed by atoms with Crippen molar-refractivity contribution < 1.29 is 14.6 Å². The van der Waals surface area contributed by atoms with Crippen LogP contribution in [0.2, 0.25) is 0 Å². The number of hydrogen-bond donors (Lipinski definition) is 1. The van der Waals surface area contributed by atoms with E-state index < -0.39 is 6.10 Å². The normalized spacial score (nSPS) is 12.4. The van der Waals surface area contributed by atoms with Crippen LogP contribution in [0.25, 0.3) is 10.2 Å². The van der Waals surface area contributed by atoms with Crippen molar-refractivity contribution in [2.45, 2.75) is 19.3 Å². The molecule has 0 bridgehead atoms. The van der Waals surface area contributed by atoms with Gasteiger partial charge in [0.05, 0.1) is 44.7 Å². The molecular formula is C17H18N2O4S. The molecule has 24 heavy (non-hydrogen) atoms. The first kappa shape index (κ1) is 16.6. The molecule has 0 aliphatic heterocycles. The minimum absolute atomic E-state index is 0.139. The van der Waals surface area contributed by atoms with E-state index in [9.17, 15) is 9.90 Å². The molecule has 0 radical (unpaired) electrons. The van der Waals surface area contributed by atoms with Crippen molar-refractivity contribution in [3.63, 3.8) is 0 Å². The van der Waals surface area contributed by atoms with Gasteiger partial charge < -0.3 is 14.6 Å². The second kappa shape index (κ2) is 7.57. The van der Waals surface area contributed by atoms with Gasteiger partial charge in [-0.1, -0.05) is 12.1 Å². The molecule has 0 saturated heterocycles. The number of hydrogen-bond acceptors (Lipinski definition) is 6. The number of benzene rings is 1. The van der Waals surface area contributed by atoms with E-state index in [2.05, 4.69) is 4.98 Å². The van der Waals surface area contributed by atoms with Crippen LogP contribution < -0.4 is 10.3 Å². The van der Waals surface area contributed by atoms with Crippen molar-refractivity contribution in [1.82, 2.24) is 9.55 Å². The highest BCUT2D eigenvalue weighted by Gasteiger charge is 2.10. The van der Waals surface area contributed by atoms with Gasteiger partial charge in [0.2, 0.25) is 0 Å². The average Bonchev–Trinajstić information content (AvgIpc) is 3.07. The summed E-state index contributed by atoms with van der Waals surface area (Å²) in [6.07, 6.45) is 0.687. The topological polar surface area (TPSA) is 73.6 Å². The maximum absolute atomic E-state index is 12.2. The second-order valence-electron chi connectivity index (χ2n) is 5.36. The Morgan fingerprint density at radius 1 is 1.29 bits per heavy atom. The molecule has 7 heteroatoms. The third kappa shape index (κ3) is 3.81. The van der Waals surface area contributed by atoms with Gasteiger partial charge in [-0.2, -0.15) is 0 Å². The first-order valence-electron chi connectivity index (χ1n) is 7.49. The van der Waals surface area contributed by atoms with E-state index in [0.29, 0.717) is 16.8 Å². The van der Waals surface area contributed by atoms with E-state index in [0.717, 1.165) is 11.3 Å². The highest BCUT2D eigenvalue weighted by atomic mass is 32.1. The molecule has 1 N–H and O–H groups in total. The van der Waals surface area contributed by atoms with Crippen LogP contribution in [0.15, 0.2) is 46.8 Å². The molecule has 1 unspecified atom stereocenters. The zero-order chi connectivity index (χ0) is 16.9. The van der Waals surface area contributed by atoms with Gasteiger partial charge in [-0.05, 0) is 29.1 Å². The number of aliphatic hydroxyl groups excluding tert-OH is 1. The standard InChI is InChI=1S/C17H18N2O4S/c1-22-14-4-2-12(3-5-14)9-23-10-13(20)8-19-11-18-16-15(17(19)21)6-7-24-16/h2-7,11,13,20H,8-10H2,1H3. The number of aliphatic hydroxyl groups is 1. The lowest BCUT2D eigenvalue weighted by atomic mass is 10.2. The molecule has 126 valence electrons. The summed E-state index contributed by atoms with van der Waals surface area (Å²) in [7, 11) is 1.62. The predicted molar refractivity (Wildman–Crippen MR) is 92.5 cm³/mol. The van der Waals surface area contributed by atoms with E-state index >= 15 is 0 Å². The molecule has 0 spiro atoms. The van der Waals surface area contributed by atoms with Gasteiger partial charge in [-0.25, -0.2) is 4.98 Å². The molecule has 0 aliphatic carbocycles. The third-order valence-corrected chi connectivity index (χ3v) is 4.42. The number of aromatic nitrogens is 2. The molecule has 0 amide bonds. The lowest BCUT2D eigenvalue weighted by Crippen LogP contribution is -2.29. The van der Waals surface area contributed by atoms with Crippen LogP contribution in [0.5, 0.6) is 5.75 Å². The maximum Gasteiger partial charge on any atom is 0.262 e. The summed E-state index contributed by atoms with van der Waals surface area (Å²) in [6, 6.07) is 9.28. The summed E-state index contributed by atoms with van der Waals surface area (Å²) in [5.41, 5.74) is 0.844. The summed E-state index contributed by atoms with van der Waals surface area (Å²) in [6.45, 7) is 0.679. The Morgan fingerprint density at radius 2 is 2.08 bits per heavy atom. The lowest BCUT2D eigenvalue weighted by molar-refractivity contribution is 0.0198. The number of thiophene rings is 1. The summed E-state index contributed by atoms with van der Waals surface area (Å²) in [4.78, 5) is 17.2. The zero-order valence-electron chi connectivity index (χ0n) is 13.2. The van der Waals surface area contributed by atoms with Crippen LogP contribution in [-0.4, -0.2) is 34.5 Å². The van der Waals surface area contributed by atoms with Crippen LogP contribution in [0.1, 0.15) is 5.56 Å². The SMILES string of the molecule is COc1ccc(COCC(O)Cn2cnc3sccc3c2=O)cc1. The van der Waals surface area contributed by atoms with E-state index in [4.69, 9.17) is 9.47 Å². The maximum atomic E-state index is 12.2. The molecular weight excluding hydrogens is 328 g/mol. The van der Waals surface area contributed by atoms with Gasteiger partial charge in [-0.15, -0.1) is 11.3 Å². The molecule has 0 fully saturated rings. The number of methoxy groups -OCH3 is 1. The highest BCUT2D eigenvalue weighted by molar-refractivity contribution is 7.16. The first-order chi connectivity index (χ1) is 11.7. The van der Waals surface area contributed by atoms with Gasteiger partial charge in [0.25, 0.3) is 5.56 Å². The Kier molecular flexibility index (Phi) is 5.24. The number of rotatable bonds is 7. The minimum atomic E-state index is -0.779. The fourth-order valence-corrected chi connectivity index (χ4v) is 3.06. The third-order valence-electron chi connectivity index (χ3n) is 3.60. The Labute approximate surface area is 142 Å². The number of ether oxygens (including phenoxy) is 2. The lowest BCUT2D eigenvalue weighted by Gasteiger charge is -2.13. The van der Waals surface area contributed by atoms with E-state index in [-0.39, 0.29) is 18.7 Å². The zero-order valence-corrected chi connectivity index (χ0v) is 14.0. The van der Waals surface area contributed by atoms with Gasteiger partial charge in [-0.3, -0.25) is 9.36 Å². The molecule has 2 heterocycles. The highest BCUT2D eigenvalue weighted by Crippen LogP contribution is 2.14. The van der Waals surface area contributed by atoms with E-state index in [1.807, 2.05) is 29.6 Å². The first-order valence-corrected chi connectivity index (χ1v) is 8.36. The fourth-order valence-electron chi connectivity index (χ4n) is 2.34. The Bertz CT molecular complexity index is 857. The molecule has 1 aromatic carbocycles. The molecule has 0 aliphatic rings. The summed E-state index contributed by atoms with van der Waals surface area (Å²) < 4.78 is 12.0. The molecule has 6 nitrogen and oxygen atoms in total. The molecule has 2 aromatic heterocycles. The number of nitrogens with zero attached hydrogens (tertiary/aromatic N) is 2. The average molecular weight is 346 g/mol. The van der Waals surface area contributed by atoms with E-state index in [1.165, 1.54) is 22.2 Å². The van der Waals surface area contributed by atoms with Gasteiger partial charge in [0.15, 0.2) is 0 Å². The monoisotopic (exact) mass is 346 g/mol. The van der Waals surface area contributed by atoms with Gasteiger partial charge in [0.1, 0.15) is 10.6 Å². The van der Waals surface area contributed by atoms with Crippen molar-refractivity contribution in [3.05, 3.63) is 58.0 Å². The summed E-state index contributed by atoms with van der Waals surface area (Å²) >= 11 is 1.42. The molecule has 0 saturated carbocycles. The number of fused-ring (bicyclic) bond motifs is 1. The predicted octanol–water partition coefficient (Wildman–Crippen LogP) is 2.04. The van der Waals surface area contributed by atoms with Crippen LogP contribution >= 0.6 is 11.3 Å². The summed E-state index contributed by atoms with van der Waals surface area (Å²) in [5.74, 6) is 0.787. The van der Waals surface area contributed by atoms with Crippen LogP contribution in [-0.2, 0) is 17.9 Å². The second-order valence-corrected chi connectivity index (χ2v) is 6.25. The van der Waals surface area contributed by atoms with Gasteiger partial charge in [0, 0.05) is 0 Å². The molecule has 3 aromatic rings. The Hall–Kier alpha value is -2.22. The molecule has 3 rings (SSSR count). The quantitative estimate of drug-likeness (QED) is 0.709. The molecule has 1 atom stereocenters. The van der Waals surface area contributed by atoms with Crippen molar-refractivity contribution in [3.8, 4) is 5.75 Å². The summed E-state index contributed by atoms with van der Waals surface area (Å²) in [5, 5.41) is 12.5. The van der Waals surface area contributed by atoms with E-state index in [1.54, 1.807) is 13.2 Å². The smallest absolute Gasteiger partial charge is 0.262 e. The van der Waals surface area contributed by atoms with Crippen molar-refractivity contribution >= 4 is 21.6 Å². The van der Waals surface area contributed by atoms with Crippen molar-refractivity contribution in [2.24, 2.45) is 0 Å². The van der Waals surface area contributed by atoms with Crippen molar-refractivity contribution in [1.29, 1.82) is 0 Å². The van der Waals surface area contributed by atoms with Crippen LogP contribution in [0.4, 0.5) is 0 Å². The van der Waals surface area contributed by atoms with Crippen LogP contribution in [0, 0.1) is 0 Å². The Balaban J connectivity index is 1.53.